The van der Waals surface area contributed by atoms with Gasteiger partial charge in [-0.2, -0.15) is 0 Å². The number of benzene rings is 4. The molecule has 0 saturated heterocycles. The number of likely N-dealkylation sites (N-methyl/N-ethyl adjacent to an activating group) is 1. The van der Waals surface area contributed by atoms with Gasteiger partial charge in [-0.1, -0.05) is 60.3 Å². The highest BCUT2D eigenvalue weighted by molar-refractivity contribution is 7.99. The number of fused-ring (bicyclic) bond motifs is 2. The second kappa shape index (κ2) is 9.65. The molecule has 1 heterocycles. The molecule has 0 bridgehead atoms. The van der Waals surface area contributed by atoms with Crippen LogP contribution < -0.4 is 0 Å². The average Bonchev–Trinajstić information content (AvgIpc) is 3.04. The van der Waals surface area contributed by atoms with E-state index < -0.39 is 0 Å². The van der Waals surface area contributed by atoms with Gasteiger partial charge in [-0.3, -0.25) is 4.79 Å². The first kappa shape index (κ1) is 22.1. The van der Waals surface area contributed by atoms with Crippen LogP contribution in [-0.2, 0) is 6.42 Å². The van der Waals surface area contributed by atoms with E-state index in [0.29, 0.717) is 12.1 Å². The van der Waals surface area contributed by atoms with Crippen molar-refractivity contribution in [2.75, 3.05) is 13.6 Å². The van der Waals surface area contributed by atoms with Gasteiger partial charge >= 0.3 is 0 Å². The minimum absolute atomic E-state index is 0.0379. The SMILES string of the molecule is CN(CCc1ccccc1)C(=O)c1ccc2c(c1)N=C(c1ccc(F)cc1)c1ccccc1S2. The van der Waals surface area contributed by atoms with Gasteiger partial charge in [0, 0.05) is 40.1 Å². The summed E-state index contributed by atoms with van der Waals surface area (Å²) in [6.07, 6.45) is 0.798. The molecule has 1 aliphatic rings. The fraction of sp³-hybridized carbons (Fsp3) is 0.103. The average molecular weight is 467 g/mol. The van der Waals surface area contributed by atoms with Gasteiger partial charge in [-0.25, -0.2) is 9.38 Å². The zero-order valence-electron chi connectivity index (χ0n) is 18.7. The van der Waals surface area contributed by atoms with Crippen LogP contribution in [-0.4, -0.2) is 30.1 Å². The van der Waals surface area contributed by atoms with Gasteiger partial charge in [0.25, 0.3) is 5.91 Å². The maximum atomic E-state index is 13.6. The number of aliphatic imine (C=N–C) groups is 1. The number of hydrogen-bond acceptors (Lipinski definition) is 3. The highest BCUT2D eigenvalue weighted by atomic mass is 32.2. The molecule has 0 saturated carbocycles. The van der Waals surface area contributed by atoms with Crippen molar-refractivity contribution in [3.8, 4) is 0 Å². The minimum Gasteiger partial charge on any atom is -0.341 e. The van der Waals surface area contributed by atoms with E-state index in [0.717, 1.165) is 38.7 Å². The van der Waals surface area contributed by atoms with E-state index in [9.17, 15) is 9.18 Å². The van der Waals surface area contributed by atoms with E-state index in [1.165, 1.54) is 17.7 Å². The Morgan fingerprint density at radius 3 is 2.41 bits per heavy atom. The van der Waals surface area contributed by atoms with Crippen LogP contribution in [0.15, 0.2) is 112 Å². The molecule has 0 spiro atoms. The summed E-state index contributed by atoms with van der Waals surface area (Å²) < 4.78 is 13.6. The Balaban J connectivity index is 1.47. The molecule has 0 N–H and O–H groups in total. The minimum atomic E-state index is -0.285. The molecule has 168 valence electrons. The van der Waals surface area contributed by atoms with Crippen LogP contribution in [0.1, 0.15) is 27.0 Å². The predicted octanol–water partition coefficient (Wildman–Crippen LogP) is 6.77. The number of halogens is 1. The first-order valence-electron chi connectivity index (χ1n) is 11.1. The fourth-order valence-electron chi connectivity index (χ4n) is 3.97. The zero-order chi connectivity index (χ0) is 23.5. The lowest BCUT2D eigenvalue weighted by atomic mass is 10.0. The summed E-state index contributed by atoms with van der Waals surface area (Å²) in [5.41, 5.74) is 5.13. The molecule has 1 amide bonds. The van der Waals surface area contributed by atoms with Gasteiger partial charge in [0.15, 0.2) is 0 Å². The van der Waals surface area contributed by atoms with Crippen LogP contribution in [0.2, 0.25) is 0 Å². The van der Waals surface area contributed by atoms with Crippen molar-refractivity contribution in [1.82, 2.24) is 4.90 Å². The lowest BCUT2D eigenvalue weighted by Crippen LogP contribution is -2.28. The van der Waals surface area contributed by atoms with E-state index in [1.54, 1.807) is 28.8 Å². The molecule has 1 aliphatic heterocycles. The van der Waals surface area contributed by atoms with Crippen LogP contribution in [0.4, 0.5) is 10.1 Å². The molecule has 34 heavy (non-hydrogen) atoms. The second-order valence-electron chi connectivity index (χ2n) is 8.21. The monoisotopic (exact) mass is 466 g/mol. The third kappa shape index (κ3) is 4.66. The van der Waals surface area contributed by atoms with Crippen molar-refractivity contribution in [2.24, 2.45) is 4.99 Å². The lowest BCUT2D eigenvalue weighted by molar-refractivity contribution is 0.0796. The number of hydrogen-bond donors (Lipinski definition) is 0. The van der Waals surface area contributed by atoms with E-state index >= 15 is 0 Å². The van der Waals surface area contributed by atoms with Gasteiger partial charge in [0.05, 0.1) is 11.4 Å². The molecule has 5 rings (SSSR count). The summed E-state index contributed by atoms with van der Waals surface area (Å²) in [7, 11) is 1.83. The van der Waals surface area contributed by atoms with Gasteiger partial charge < -0.3 is 4.90 Å². The standard InChI is InChI=1S/C29H23FN2OS/c1-32(18-17-20-7-3-2-4-8-20)29(33)22-13-16-27-25(19-22)31-28(21-11-14-23(30)15-12-21)24-9-5-6-10-26(24)34-27/h2-16,19H,17-18H2,1H3. The van der Waals surface area contributed by atoms with Crippen molar-refractivity contribution >= 4 is 29.1 Å². The first-order valence-corrected chi connectivity index (χ1v) is 12.0. The normalized spacial score (nSPS) is 12.2. The van der Waals surface area contributed by atoms with Crippen LogP contribution in [0, 0.1) is 5.82 Å². The lowest BCUT2D eigenvalue weighted by Gasteiger charge is -2.18. The van der Waals surface area contributed by atoms with Gasteiger partial charge in [-0.05, 0) is 60.5 Å². The Kier molecular flexibility index (Phi) is 6.28. The van der Waals surface area contributed by atoms with Crippen LogP contribution >= 0.6 is 11.8 Å². The Morgan fingerprint density at radius 1 is 0.882 bits per heavy atom. The molecular weight excluding hydrogens is 443 g/mol. The highest BCUT2D eigenvalue weighted by Gasteiger charge is 2.21. The third-order valence-electron chi connectivity index (χ3n) is 5.84. The molecule has 0 unspecified atom stereocenters. The largest absolute Gasteiger partial charge is 0.341 e. The van der Waals surface area contributed by atoms with Crippen molar-refractivity contribution in [3.63, 3.8) is 0 Å². The summed E-state index contributed by atoms with van der Waals surface area (Å²) in [6.45, 7) is 0.629. The second-order valence-corrected chi connectivity index (χ2v) is 9.29. The number of carbonyl (C=O) groups excluding carboxylic acids is 1. The van der Waals surface area contributed by atoms with Crippen molar-refractivity contribution in [1.29, 1.82) is 0 Å². The van der Waals surface area contributed by atoms with Crippen LogP contribution in [0.25, 0.3) is 0 Å². The van der Waals surface area contributed by atoms with E-state index in [4.69, 9.17) is 4.99 Å². The van der Waals surface area contributed by atoms with E-state index in [-0.39, 0.29) is 11.7 Å². The Hall–Kier alpha value is -3.70. The van der Waals surface area contributed by atoms with Crippen molar-refractivity contribution in [3.05, 3.63) is 125 Å². The molecule has 0 atom stereocenters. The van der Waals surface area contributed by atoms with Crippen LogP contribution in [0.3, 0.4) is 0 Å². The Morgan fingerprint density at radius 2 is 1.62 bits per heavy atom. The van der Waals surface area contributed by atoms with Gasteiger partial charge in [0.1, 0.15) is 5.82 Å². The molecular formula is C29H23FN2OS. The maximum absolute atomic E-state index is 13.6. The summed E-state index contributed by atoms with van der Waals surface area (Å²) in [4.78, 5) is 22.0. The topological polar surface area (TPSA) is 32.7 Å². The summed E-state index contributed by atoms with van der Waals surface area (Å²) in [5, 5.41) is 0. The molecule has 4 aromatic carbocycles. The quantitative estimate of drug-likeness (QED) is 0.286. The molecule has 0 fully saturated rings. The van der Waals surface area contributed by atoms with Crippen molar-refractivity contribution < 1.29 is 9.18 Å². The smallest absolute Gasteiger partial charge is 0.253 e. The summed E-state index contributed by atoms with van der Waals surface area (Å²) in [5.74, 6) is -0.323. The summed E-state index contributed by atoms with van der Waals surface area (Å²) >= 11 is 1.63. The number of carbonyl (C=O) groups is 1. The first-order chi connectivity index (χ1) is 16.6. The molecule has 4 aromatic rings. The van der Waals surface area contributed by atoms with Crippen LogP contribution in [0.5, 0.6) is 0 Å². The third-order valence-corrected chi connectivity index (χ3v) is 6.98. The highest BCUT2D eigenvalue weighted by Crippen LogP contribution is 2.41. The molecule has 0 aromatic heterocycles. The predicted molar refractivity (Wildman–Crippen MR) is 136 cm³/mol. The van der Waals surface area contributed by atoms with Gasteiger partial charge in [0.2, 0.25) is 0 Å². The molecule has 0 radical (unpaired) electrons. The molecule has 0 aliphatic carbocycles. The zero-order valence-corrected chi connectivity index (χ0v) is 19.6. The van der Waals surface area contributed by atoms with E-state index in [1.807, 2.05) is 61.6 Å². The Labute approximate surface area is 203 Å². The number of rotatable bonds is 5. The fourth-order valence-corrected chi connectivity index (χ4v) is 4.97. The Bertz CT molecular complexity index is 1370. The molecule has 5 heteroatoms. The van der Waals surface area contributed by atoms with E-state index in [2.05, 4.69) is 18.2 Å². The number of amides is 1. The molecule has 3 nitrogen and oxygen atoms in total. The summed E-state index contributed by atoms with van der Waals surface area (Å²) in [6, 6.07) is 30.3. The maximum Gasteiger partial charge on any atom is 0.253 e. The van der Waals surface area contributed by atoms with Crippen molar-refractivity contribution in [2.45, 2.75) is 16.2 Å². The number of nitrogens with zero attached hydrogens (tertiary/aromatic N) is 2. The van der Waals surface area contributed by atoms with Gasteiger partial charge in [-0.15, -0.1) is 0 Å².